The fraction of sp³-hybridized carbons (Fsp3) is 0.0256. The van der Waals surface area contributed by atoms with Crippen molar-refractivity contribution in [1.82, 2.24) is 4.57 Å². The minimum Gasteiger partial charge on any atom is -0.423 e. The van der Waals surface area contributed by atoms with Crippen molar-refractivity contribution in [3.63, 3.8) is 0 Å². The van der Waals surface area contributed by atoms with E-state index in [0.717, 1.165) is 38.4 Å². The van der Waals surface area contributed by atoms with Gasteiger partial charge in [-0.3, -0.25) is 0 Å². The zero-order valence-electron chi connectivity index (χ0n) is 23.8. The van der Waals surface area contributed by atoms with E-state index in [4.69, 9.17) is 0 Å². The van der Waals surface area contributed by atoms with Crippen LogP contribution in [0.1, 0.15) is 11.1 Å². The molecule has 5 heteroatoms. The molecule has 0 spiro atoms. The van der Waals surface area contributed by atoms with Crippen LogP contribution in [-0.2, 0) is 6.42 Å². The van der Waals surface area contributed by atoms with E-state index in [1.165, 1.54) is 43.8 Å². The molecule has 210 valence electrons. The van der Waals surface area contributed by atoms with Crippen LogP contribution in [0.15, 0.2) is 144 Å². The number of para-hydroxylation sites is 1. The Morgan fingerprint density at radius 3 is 1.86 bits per heavy atom. The largest absolute Gasteiger partial charge is 0.488 e. The topological polar surface area (TPSA) is 45.4 Å². The molecule has 0 saturated heterocycles. The summed E-state index contributed by atoms with van der Waals surface area (Å²) >= 11 is 3.57. The van der Waals surface area contributed by atoms with Crippen LogP contribution in [0.25, 0.3) is 60.2 Å². The Kier molecular flexibility index (Phi) is 6.60. The van der Waals surface area contributed by atoms with Gasteiger partial charge in [0.15, 0.2) is 0 Å². The molecule has 1 aromatic heterocycles. The monoisotopic (exact) mass is 631 g/mol. The van der Waals surface area contributed by atoms with E-state index in [2.05, 4.69) is 111 Å². The summed E-state index contributed by atoms with van der Waals surface area (Å²) in [7, 11) is -1.48. The van der Waals surface area contributed by atoms with Gasteiger partial charge >= 0.3 is 7.12 Å². The summed E-state index contributed by atoms with van der Waals surface area (Å²) in [5.74, 6) is 0. The van der Waals surface area contributed by atoms with Crippen LogP contribution >= 0.6 is 15.9 Å². The summed E-state index contributed by atoms with van der Waals surface area (Å²) in [6, 6.07) is 48.3. The highest BCUT2D eigenvalue weighted by molar-refractivity contribution is 9.10. The predicted molar refractivity (Wildman–Crippen MR) is 188 cm³/mol. The minimum absolute atomic E-state index is 0.498. The van der Waals surface area contributed by atoms with Gasteiger partial charge in [-0.1, -0.05) is 107 Å². The molecule has 0 fully saturated rings. The first-order chi connectivity index (χ1) is 21.5. The summed E-state index contributed by atoms with van der Waals surface area (Å²) in [6.07, 6.45) is 1.06. The average Bonchev–Trinajstić information content (AvgIpc) is 3.57. The second kappa shape index (κ2) is 10.8. The summed E-state index contributed by atoms with van der Waals surface area (Å²) in [5, 5.41) is 26.3. The van der Waals surface area contributed by atoms with Gasteiger partial charge in [0.1, 0.15) is 0 Å². The molecule has 0 unspecified atom stereocenters. The van der Waals surface area contributed by atoms with Crippen molar-refractivity contribution in [3.05, 3.63) is 155 Å². The standard InChI is InChI=1S/C22H16BNO2.C17H11Br/c25-23(26)17-10-11-21-20(14-17)19-12-15-6-4-5-7-16(15)13-22(19)24(21)18-8-2-1-3-9-18;18-15-6-5-13-8-14-7-11-3-1-2-4-12(11)9-16(14)17(13)10-15/h1-14,25-26H;1-7,9-10H,8H2. The molecule has 7 aromatic carbocycles. The SMILES string of the molecule is Brc1ccc2c(c1)-c1cc3ccccc3cc1C2.OB(O)c1ccc2c(c1)c1cc3ccccc3cc1n2-c1ccccc1. The van der Waals surface area contributed by atoms with Crippen molar-refractivity contribution in [2.24, 2.45) is 0 Å². The van der Waals surface area contributed by atoms with Crippen LogP contribution in [-0.4, -0.2) is 21.7 Å². The summed E-state index contributed by atoms with van der Waals surface area (Å²) < 4.78 is 3.38. The zero-order chi connectivity index (χ0) is 29.8. The Morgan fingerprint density at radius 1 is 0.523 bits per heavy atom. The third-order valence-electron chi connectivity index (χ3n) is 8.68. The lowest BCUT2D eigenvalue weighted by molar-refractivity contribution is 0.426. The minimum atomic E-state index is -1.48. The second-order valence-electron chi connectivity index (χ2n) is 11.4. The lowest BCUT2D eigenvalue weighted by atomic mass is 9.80. The molecular weight excluding hydrogens is 605 g/mol. The summed E-state index contributed by atoms with van der Waals surface area (Å²) in [5.41, 5.74) is 9.39. The number of rotatable bonds is 2. The van der Waals surface area contributed by atoms with Gasteiger partial charge in [-0.05, 0) is 104 Å². The molecule has 0 saturated carbocycles. The van der Waals surface area contributed by atoms with Crippen LogP contribution in [0.4, 0.5) is 0 Å². The number of halogens is 1. The van der Waals surface area contributed by atoms with E-state index in [1.54, 1.807) is 6.07 Å². The molecule has 44 heavy (non-hydrogen) atoms. The average molecular weight is 632 g/mol. The van der Waals surface area contributed by atoms with Gasteiger partial charge in [-0.2, -0.15) is 0 Å². The fourth-order valence-corrected chi connectivity index (χ4v) is 6.94. The maximum absolute atomic E-state index is 9.60. The number of hydrogen-bond donors (Lipinski definition) is 2. The first-order valence-electron chi connectivity index (χ1n) is 14.7. The van der Waals surface area contributed by atoms with Gasteiger partial charge in [0.05, 0.1) is 11.0 Å². The lowest BCUT2D eigenvalue weighted by Crippen LogP contribution is -2.29. The van der Waals surface area contributed by atoms with Gasteiger partial charge in [0, 0.05) is 20.9 Å². The normalized spacial score (nSPS) is 11.9. The Labute approximate surface area is 263 Å². The van der Waals surface area contributed by atoms with Crippen molar-refractivity contribution >= 4 is 71.9 Å². The highest BCUT2D eigenvalue weighted by Gasteiger charge is 2.19. The molecule has 8 aromatic rings. The molecule has 2 N–H and O–H groups in total. The van der Waals surface area contributed by atoms with E-state index in [1.807, 2.05) is 42.5 Å². The first kappa shape index (κ1) is 26.9. The van der Waals surface area contributed by atoms with Gasteiger partial charge in [0.2, 0.25) is 0 Å². The molecule has 0 atom stereocenters. The third-order valence-corrected chi connectivity index (χ3v) is 9.18. The number of nitrogens with zero attached hydrogens (tertiary/aromatic N) is 1. The maximum atomic E-state index is 9.60. The molecule has 0 amide bonds. The Bertz CT molecular complexity index is 2360. The maximum Gasteiger partial charge on any atom is 0.488 e. The smallest absolute Gasteiger partial charge is 0.423 e. The number of hydrogen-bond acceptors (Lipinski definition) is 2. The van der Waals surface area contributed by atoms with Crippen molar-refractivity contribution in [2.45, 2.75) is 6.42 Å². The lowest BCUT2D eigenvalue weighted by Gasteiger charge is -2.08. The Hall–Kier alpha value is -4.68. The van der Waals surface area contributed by atoms with Gasteiger partial charge in [0.25, 0.3) is 0 Å². The van der Waals surface area contributed by atoms with Crippen molar-refractivity contribution in [1.29, 1.82) is 0 Å². The number of aromatic nitrogens is 1. The first-order valence-corrected chi connectivity index (χ1v) is 15.5. The van der Waals surface area contributed by atoms with Crippen LogP contribution in [0, 0.1) is 0 Å². The Balaban J connectivity index is 0.000000140. The van der Waals surface area contributed by atoms with E-state index in [-0.39, 0.29) is 0 Å². The highest BCUT2D eigenvalue weighted by Crippen LogP contribution is 2.40. The highest BCUT2D eigenvalue weighted by atomic mass is 79.9. The molecule has 0 aliphatic heterocycles. The van der Waals surface area contributed by atoms with Crippen molar-refractivity contribution < 1.29 is 10.0 Å². The molecule has 1 aliphatic rings. The van der Waals surface area contributed by atoms with Gasteiger partial charge in [-0.15, -0.1) is 0 Å². The Morgan fingerprint density at radius 2 is 1.14 bits per heavy atom. The van der Waals surface area contributed by atoms with E-state index >= 15 is 0 Å². The van der Waals surface area contributed by atoms with Crippen molar-refractivity contribution in [3.8, 4) is 16.8 Å². The molecule has 0 bridgehead atoms. The quantitative estimate of drug-likeness (QED) is 0.187. The van der Waals surface area contributed by atoms with Crippen LogP contribution in [0.3, 0.4) is 0 Å². The van der Waals surface area contributed by atoms with E-state index in [9.17, 15) is 10.0 Å². The molecule has 1 heterocycles. The number of benzene rings is 7. The second-order valence-corrected chi connectivity index (χ2v) is 12.3. The van der Waals surface area contributed by atoms with E-state index in [0.29, 0.717) is 5.46 Å². The number of fused-ring (bicyclic) bond motifs is 8. The molecule has 3 nitrogen and oxygen atoms in total. The molecule has 9 rings (SSSR count). The van der Waals surface area contributed by atoms with Gasteiger partial charge in [-0.25, -0.2) is 0 Å². The fourth-order valence-electron chi connectivity index (χ4n) is 6.58. The predicted octanol–water partition coefficient (Wildman–Crippen LogP) is 8.79. The zero-order valence-corrected chi connectivity index (χ0v) is 25.4. The van der Waals surface area contributed by atoms with E-state index < -0.39 is 7.12 Å². The summed E-state index contributed by atoms with van der Waals surface area (Å²) in [4.78, 5) is 0. The van der Waals surface area contributed by atoms with Crippen LogP contribution in [0.5, 0.6) is 0 Å². The van der Waals surface area contributed by atoms with Gasteiger partial charge < -0.3 is 14.6 Å². The van der Waals surface area contributed by atoms with Crippen molar-refractivity contribution in [2.75, 3.05) is 0 Å². The third kappa shape index (κ3) is 4.61. The summed E-state index contributed by atoms with van der Waals surface area (Å²) in [6.45, 7) is 0. The molecule has 0 radical (unpaired) electrons. The van der Waals surface area contributed by atoms with Crippen LogP contribution < -0.4 is 5.46 Å². The molecule has 1 aliphatic carbocycles. The van der Waals surface area contributed by atoms with Crippen LogP contribution in [0.2, 0.25) is 0 Å². The molecular formula is C39H27BBrNO2.